The van der Waals surface area contributed by atoms with Gasteiger partial charge in [-0.3, -0.25) is 0 Å². The summed E-state index contributed by atoms with van der Waals surface area (Å²) in [6.07, 6.45) is 0.675. The number of hydrogen-bond donors (Lipinski definition) is 1. The molecule has 4 heteroatoms. The largest absolute Gasteiger partial charge is 0.504 e. The highest BCUT2D eigenvalue weighted by Crippen LogP contribution is 2.34. The van der Waals surface area contributed by atoms with E-state index in [9.17, 15) is 5.11 Å². The van der Waals surface area contributed by atoms with E-state index in [1.54, 1.807) is 11.8 Å². The van der Waals surface area contributed by atoms with E-state index >= 15 is 0 Å². The number of rotatable bonds is 4. The third-order valence-corrected chi connectivity index (χ3v) is 3.63. The molecule has 4 nitrogen and oxygen atoms in total. The molecule has 0 saturated heterocycles. The standard InChI is InChI=1S/C18H18N2O2/c1-3-16-18(21)17(13-7-5-4-6-8-13)20(19-16)14-9-11-15(22-2)12-10-14/h4-12,21H,3H2,1-2H3. The molecule has 3 rings (SSSR count). The van der Waals surface area contributed by atoms with Gasteiger partial charge in [0, 0.05) is 5.56 Å². The second-order valence-corrected chi connectivity index (χ2v) is 4.97. The maximum Gasteiger partial charge on any atom is 0.165 e. The molecule has 0 aliphatic heterocycles. The number of methoxy groups -OCH3 is 1. The predicted molar refractivity (Wildman–Crippen MR) is 86.6 cm³/mol. The molecule has 0 atom stereocenters. The molecule has 0 amide bonds. The lowest BCUT2D eigenvalue weighted by Crippen LogP contribution is -1.99. The lowest BCUT2D eigenvalue weighted by atomic mass is 10.1. The van der Waals surface area contributed by atoms with Crippen molar-refractivity contribution in [2.45, 2.75) is 13.3 Å². The Morgan fingerprint density at radius 3 is 2.32 bits per heavy atom. The Labute approximate surface area is 129 Å². The van der Waals surface area contributed by atoms with Crippen LogP contribution >= 0.6 is 0 Å². The first kappa shape index (κ1) is 14.2. The van der Waals surface area contributed by atoms with Gasteiger partial charge in [-0.05, 0) is 30.7 Å². The zero-order valence-electron chi connectivity index (χ0n) is 12.7. The molecular weight excluding hydrogens is 276 g/mol. The summed E-state index contributed by atoms with van der Waals surface area (Å²) in [6, 6.07) is 17.4. The Hall–Kier alpha value is -2.75. The minimum absolute atomic E-state index is 0.240. The fourth-order valence-corrected chi connectivity index (χ4v) is 2.46. The average Bonchev–Trinajstić information content (AvgIpc) is 2.92. The van der Waals surface area contributed by atoms with Crippen LogP contribution in [-0.4, -0.2) is 22.0 Å². The van der Waals surface area contributed by atoms with E-state index in [1.165, 1.54) is 0 Å². The van der Waals surface area contributed by atoms with Crippen LogP contribution in [0.4, 0.5) is 0 Å². The van der Waals surface area contributed by atoms with E-state index in [0.29, 0.717) is 17.8 Å². The molecule has 3 aromatic rings. The Morgan fingerprint density at radius 1 is 1.05 bits per heavy atom. The lowest BCUT2D eigenvalue weighted by Gasteiger charge is -2.08. The van der Waals surface area contributed by atoms with Crippen LogP contribution in [0, 0.1) is 0 Å². The average molecular weight is 294 g/mol. The number of ether oxygens (including phenoxy) is 1. The fourth-order valence-electron chi connectivity index (χ4n) is 2.46. The van der Waals surface area contributed by atoms with Crippen LogP contribution in [0.15, 0.2) is 54.6 Å². The zero-order chi connectivity index (χ0) is 15.5. The minimum atomic E-state index is 0.240. The van der Waals surface area contributed by atoms with Gasteiger partial charge >= 0.3 is 0 Å². The molecule has 1 heterocycles. The Bertz CT molecular complexity index is 762. The van der Waals surface area contributed by atoms with Crippen molar-refractivity contribution in [3.8, 4) is 28.4 Å². The van der Waals surface area contributed by atoms with Gasteiger partial charge in [-0.2, -0.15) is 5.10 Å². The monoisotopic (exact) mass is 294 g/mol. The Balaban J connectivity index is 2.18. The number of aromatic nitrogens is 2. The topological polar surface area (TPSA) is 47.3 Å². The van der Waals surface area contributed by atoms with Crippen LogP contribution in [0.2, 0.25) is 0 Å². The first-order valence-electron chi connectivity index (χ1n) is 7.25. The molecule has 0 bridgehead atoms. The van der Waals surface area contributed by atoms with E-state index in [2.05, 4.69) is 5.10 Å². The lowest BCUT2D eigenvalue weighted by molar-refractivity contribution is 0.414. The number of aromatic hydroxyl groups is 1. The first-order chi connectivity index (χ1) is 10.7. The molecule has 0 unspecified atom stereocenters. The van der Waals surface area contributed by atoms with Gasteiger partial charge in [-0.1, -0.05) is 37.3 Å². The summed E-state index contributed by atoms with van der Waals surface area (Å²) in [7, 11) is 1.64. The molecule has 112 valence electrons. The normalized spacial score (nSPS) is 10.6. The van der Waals surface area contributed by atoms with Gasteiger partial charge in [-0.15, -0.1) is 0 Å². The van der Waals surface area contributed by atoms with Crippen LogP contribution in [0.3, 0.4) is 0 Å². The summed E-state index contributed by atoms with van der Waals surface area (Å²) in [6.45, 7) is 1.98. The maximum absolute atomic E-state index is 10.5. The summed E-state index contributed by atoms with van der Waals surface area (Å²) in [5, 5.41) is 15.1. The van der Waals surface area contributed by atoms with Crippen LogP contribution in [0.5, 0.6) is 11.5 Å². The summed E-state index contributed by atoms with van der Waals surface area (Å²) < 4.78 is 6.97. The van der Waals surface area contributed by atoms with Gasteiger partial charge in [0.2, 0.25) is 0 Å². The SMILES string of the molecule is CCc1nn(-c2ccc(OC)cc2)c(-c2ccccc2)c1O. The molecule has 0 spiro atoms. The van der Waals surface area contributed by atoms with Gasteiger partial charge in [0.1, 0.15) is 17.1 Å². The summed E-state index contributed by atoms with van der Waals surface area (Å²) in [5.74, 6) is 1.03. The highest BCUT2D eigenvalue weighted by Gasteiger charge is 2.18. The van der Waals surface area contributed by atoms with Crippen molar-refractivity contribution in [3.63, 3.8) is 0 Å². The van der Waals surface area contributed by atoms with E-state index < -0.39 is 0 Å². The van der Waals surface area contributed by atoms with Crippen molar-refractivity contribution in [2.24, 2.45) is 0 Å². The summed E-state index contributed by atoms with van der Waals surface area (Å²) in [5.41, 5.74) is 3.22. The fraction of sp³-hybridized carbons (Fsp3) is 0.167. The summed E-state index contributed by atoms with van der Waals surface area (Å²) >= 11 is 0. The van der Waals surface area contributed by atoms with Gasteiger partial charge in [0.15, 0.2) is 5.75 Å². The van der Waals surface area contributed by atoms with E-state index in [4.69, 9.17) is 4.74 Å². The highest BCUT2D eigenvalue weighted by atomic mass is 16.5. The Morgan fingerprint density at radius 2 is 1.73 bits per heavy atom. The van der Waals surface area contributed by atoms with E-state index in [1.807, 2.05) is 61.5 Å². The second-order valence-electron chi connectivity index (χ2n) is 4.97. The molecule has 0 fully saturated rings. The number of aryl methyl sites for hydroxylation is 1. The highest BCUT2D eigenvalue weighted by molar-refractivity contribution is 5.70. The quantitative estimate of drug-likeness (QED) is 0.796. The first-order valence-corrected chi connectivity index (χ1v) is 7.25. The van der Waals surface area contributed by atoms with Crippen molar-refractivity contribution in [1.29, 1.82) is 0 Å². The van der Waals surface area contributed by atoms with Gasteiger partial charge in [0.25, 0.3) is 0 Å². The van der Waals surface area contributed by atoms with Gasteiger partial charge in [-0.25, -0.2) is 4.68 Å². The minimum Gasteiger partial charge on any atom is -0.504 e. The van der Waals surface area contributed by atoms with Crippen LogP contribution in [0.25, 0.3) is 16.9 Å². The smallest absolute Gasteiger partial charge is 0.165 e. The van der Waals surface area contributed by atoms with Gasteiger partial charge in [0.05, 0.1) is 12.8 Å². The zero-order valence-corrected chi connectivity index (χ0v) is 12.7. The predicted octanol–water partition coefficient (Wildman–Crippen LogP) is 3.82. The molecule has 0 aliphatic carbocycles. The maximum atomic E-state index is 10.5. The molecule has 1 aromatic heterocycles. The molecular formula is C18H18N2O2. The Kier molecular flexibility index (Phi) is 3.83. The molecule has 0 saturated carbocycles. The van der Waals surface area contributed by atoms with Crippen molar-refractivity contribution in [2.75, 3.05) is 7.11 Å². The molecule has 1 N–H and O–H groups in total. The van der Waals surface area contributed by atoms with Crippen molar-refractivity contribution in [3.05, 3.63) is 60.3 Å². The second kappa shape index (κ2) is 5.93. The van der Waals surface area contributed by atoms with Crippen LogP contribution < -0.4 is 4.74 Å². The number of hydrogen-bond acceptors (Lipinski definition) is 3. The summed E-state index contributed by atoms with van der Waals surface area (Å²) in [4.78, 5) is 0. The third-order valence-electron chi connectivity index (χ3n) is 3.63. The van der Waals surface area contributed by atoms with Crippen LogP contribution in [0.1, 0.15) is 12.6 Å². The van der Waals surface area contributed by atoms with Crippen molar-refractivity contribution in [1.82, 2.24) is 9.78 Å². The van der Waals surface area contributed by atoms with Crippen molar-refractivity contribution >= 4 is 0 Å². The molecule has 2 aromatic carbocycles. The van der Waals surface area contributed by atoms with E-state index in [0.717, 1.165) is 17.0 Å². The third kappa shape index (κ3) is 2.44. The van der Waals surface area contributed by atoms with Gasteiger partial charge < -0.3 is 9.84 Å². The molecule has 22 heavy (non-hydrogen) atoms. The van der Waals surface area contributed by atoms with Crippen LogP contribution in [-0.2, 0) is 6.42 Å². The number of nitrogens with zero attached hydrogens (tertiary/aromatic N) is 2. The molecule has 0 radical (unpaired) electrons. The van der Waals surface area contributed by atoms with Crippen molar-refractivity contribution < 1.29 is 9.84 Å². The van der Waals surface area contributed by atoms with E-state index in [-0.39, 0.29) is 5.75 Å². The molecule has 0 aliphatic rings. The number of benzene rings is 2.